The maximum Gasteiger partial charge on any atom is 0.510 e. The van der Waals surface area contributed by atoms with E-state index in [1.807, 2.05) is 0 Å². The van der Waals surface area contributed by atoms with E-state index in [0.29, 0.717) is 10.6 Å². The van der Waals surface area contributed by atoms with Crippen molar-refractivity contribution in [3.63, 3.8) is 0 Å². The number of halogens is 1. The summed E-state index contributed by atoms with van der Waals surface area (Å²) in [6, 6.07) is 6.74. The quantitative estimate of drug-likeness (QED) is 0.520. The summed E-state index contributed by atoms with van der Waals surface area (Å²) < 4.78 is 15.3. The molecular formula is C11H11ClO4P+. The molecule has 0 saturated heterocycles. The molecule has 0 bridgehead atoms. The van der Waals surface area contributed by atoms with Crippen LogP contribution in [0, 0.1) is 0 Å². The highest BCUT2D eigenvalue weighted by atomic mass is 35.5. The Kier molecular flexibility index (Phi) is 5.29. The van der Waals surface area contributed by atoms with Crippen LogP contribution in [-0.4, -0.2) is 24.1 Å². The van der Waals surface area contributed by atoms with Crippen molar-refractivity contribution < 1.29 is 19.0 Å². The van der Waals surface area contributed by atoms with Crippen LogP contribution in [0.3, 0.4) is 0 Å². The van der Waals surface area contributed by atoms with Gasteiger partial charge in [0.2, 0.25) is 6.16 Å². The molecule has 1 unspecified atom stereocenters. The van der Waals surface area contributed by atoms with Crippen molar-refractivity contribution in [2.24, 2.45) is 0 Å². The Balaban J connectivity index is 3.00. The second kappa shape index (κ2) is 6.50. The number of benzene rings is 1. The summed E-state index contributed by atoms with van der Waals surface area (Å²) in [4.78, 5) is 20.2. The zero-order valence-electron chi connectivity index (χ0n) is 9.09. The molecule has 0 heterocycles. The molecule has 0 aliphatic carbocycles. The lowest BCUT2D eigenvalue weighted by atomic mass is 10.1. The summed E-state index contributed by atoms with van der Waals surface area (Å²) in [5.41, 5.74) is 0.866. The first kappa shape index (κ1) is 13.8. The lowest BCUT2D eigenvalue weighted by Crippen LogP contribution is -2.06. The predicted octanol–water partition coefficient (Wildman–Crippen LogP) is 2.63. The molecule has 0 aliphatic heterocycles. The van der Waals surface area contributed by atoms with Crippen LogP contribution < -0.4 is 0 Å². The van der Waals surface area contributed by atoms with Gasteiger partial charge in [-0.1, -0.05) is 23.7 Å². The van der Waals surface area contributed by atoms with Crippen LogP contribution in [0.25, 0.3) is 6.08 Å². The Morgan fingerprint density at radius 1 is 1.47 bits per heavy atom. The minimum Gasteiger partial charge on any atom is -0.466 e. The summed E-state index contributed by atoms with van der Waals surface area (Å²) in [5.74, 6) is -0.614. The third-order valence-corrected chi connectivity index (χ3v) is 2.83. The van der Waals surface area contributed by atoms with E-state index < -0.39 is 14.0 Å². The van der Waals surface area contributed by atoms with E-state index in [9.17, 15) is 9.36 Å². The van der Waals surface area contributed by atoms with E-state index in [4.69, 9.17) is 16.5 Å². The number of esters is 1. The van der Waals surface area contributed by atoms with Crippen molar-refractivity contribution in [3.05, 3.63) is 40.4 Å². The highest BCUT2D eigenvalue weighted by Gasteiger charge is 2.21. The zero-order valence-corrected chi connectivity index (χ0v) is 10.7. The highest BCUT2D eigenvalue weighted by molar-refractivity contribution is 7.38. The van der Waals surface area contributed by atoms with E-state index in [1.54, 1.807) is 24.3 Å². The summed E-state index contributed by atoms with van der Waals surface area (Å²) in [6.45, 7) is 0. The van der Waals surface area contributed by atoms with Gasteiger partial charge in [0.25, 0.3) is 0 Å². The van der Waals surface area contributed by atoms with Crippen molar-refractivity contribution in [2.75, 3.05) is 13.3 Å². The summed E-state index contributed by atoms with van der Waals surface area (Å²) >= 11 is 5.72. The average Bonchev–Trinajstić information content (AvgIpc) is 2.29. The van der Waals surface area contributed by atoms with Gasteiger partial charge < -0.3 is 4.74 Å². The van der Waals surface area contributed by atoms with Crippen molar-refractivity contribution in [1.29, 1.82) is 0 Å². The Morgan fingerprint density at radius 3 is 2.53 bits per heavy atom. The maximum absolute atomic E-state index is 11.4. The van der Waals surface area contributed by atoms with Crippen molar-refractivity contribution >= 4 is 31.7 Å². The van der Waals surface area contributed by atoms with Crippen molar-refractivity contribution in [1.82, 2.24) is 0 Å². The molecule has 0 fully saturated rings. The fourth-order valence-electron chi connectivity index (χ4n) is 1.21. The van der Waals surface area contributed by atoms with Crippen LogP contribution in [0.15, 0.2) is 29.8 Å². The molecule has 0 aliphatic rings. The van der Waals surface area contributed by atoms with Crippen molar-refractivity contribution in [2.45, 2.75) is 0 Å². The standard InChI is InChI=1S/C11H10ClO4P/c1-16-11(13)9(7-17(14)15)6-8-2-4-10(12)5-3-8/h2-6H,7H2,1H3/p+1/b9-6+. The van der Waals surface area contributed by atoms with Crippen LogP contribution in [0.1, 0.15) is 5.56 Å². The van der Waals surface area contributed by atoms with Gasteiger partial charge in [0.1, 0.15) is 0 Å². The number of hydrogen-bond donors (Lipinski definition) is 1. The molecule has 0 saturated carbocycles. The van der Waals surface area contributed by atoms with E-state index >= 15 is 0 Å². The number of ether oxygens (including phenoxy) is 1. The van der Waals surface area contributed by atoms with Gasteiger partial charge in [-0.2, -0.15) is 4.89 Å². The Labute approximate surface area is 105 Å². The summed E-state index contributed by atoms with van der Waals surface area (Å²) in [5, 5.41) is 0.579. The number of carbonyl (C=O) groups is 1. The van der Waals surface area contributed by atoms with E-state index in [-0.39, 0.29) is 11.7 Å². The molecule has 17 heavy (non-hydrogen) atoms. The minimum atomic E-state index is -2.43. The lowest BCUT2D eigenvalue weighted by Gasteiger charge is -1.99. The first-order chi connectivity index (χ1) is 8.02. The molecule has 4 nitrogen and oxygen atoms in total. The largest absolute Gasteiger partial charge is 0.510 e. The van der Waals surface area contributed by atoms with Gasteiger partial charge in [0.15, 0.2) is 0 Å². The molecule has 0 amide bonds. The summed E-state index contributed by atoms with van der Waals surface area (Å²) in [7, 11) is -1.20. The van der Waals surface area contributed by atoms with E-state index in [1.165, 1.54) is 13.2 Å². The second-order valence-electron chi connectivity index (χ2n) is 3.22. The minimum absolute atomic E-state index is 0.151. The molecule has 6 heteroatoms. The molecule has 1 N–H and O–H groups in total. The Hall–Kier alpha value is -1.22. The van der Waals surface area contributed by atoms with Crippen molar-refractivity contribution in [3.8, 4) is 0 Å². The smallest absolute Gasteiger partial charge is 0.466 e. The third-order valence-electron chi connectivity index (χ3n) is 1.96. The summed E-state index contributed by atoms with van der Waals surface area (Å²) in [6.07, 6.45) is 1.27. The normalized spacial score (nSPS) is 12.2. The third kappa shape index (κ3) is 4.65. The Bertz CT molecular complexity index is 453. The number of carbonyl (C=O) groups excluding carboxylic acids is 1. The van der Waals surface area contributed by atoms with Gasteiger partial charge in [-0.3, -0.25) is 0 Å². The molecule has 1 aromatic carbocycles. The fraction of sp³-hybridized carbons (Fsp3) is 0.182. The highest BCUT2D eigenvalue weighted by Crippen LogP contribution is 2.21. The van der Waals surface area contributed by atoms with Gasteiger partial charge >= 0.3 is 14.0 Å². The van der Waals surface area contributed by atoms with Crippen LogP contribution in [0.5, 0.6) is 0 Å². The number of rotatable bonds is 4. The predicted molar refractivity (Wildman–Crippen MR) is 66.1 cm³/mol. The van der Waals surface area contributed by atoms with Gasteiger partial charge in [0.05, 0.1) is 12.7 Å². The van der Waals surface area contributed by atoms with Crippen LogP contribution in [-0.2, 0) is 14.1 Å². The molecule has 0 spiro atoms. The molecule has 0 aromatic heterocycles. The molecule has 90 valence electrons. The van der Waals surface area contributed by atoms with Gasteiger partial charge in [-0.05, 0) is 28.3 Å². The van der Waals surface area contributed by atoms with Crippen LogP contribution >= 0.6 is 19.6 Å². The van der Waals surface area contributed by atoms with Gasteiger partial charge in [0, 0.05) is 5.02 Å². The number of methoxy groups -OCH3 is 1. The second-order valence-corrected chi connectivity index (χ2v) is 4.68. The van der Waals surface area contributed by atoms with Crippen LogP contribution in [0.4, 0.5) is 0 Å². The topological polar surface area (TPSA) is 63.6 Å². The van der Waals surface area contributed by atoms with Crippen LogP contribution in [0.2, 0.25) is 5.02 Å². The zero-order chi connectivity index (χ0) is 12.8. The monoisotopic (exact) mass is 273 g/mol. The SMILES string of the molecule is COC(=O)/C(=C/c1ccc(Cl)cc1)C[P+](=O)O. The average molecular weight is 274 g/mol. The van der Waals surface area contributed by atoms with Gasteiger partial charge in [-0.15, -0.1) is 0 Å². The maximum atomic E-state index is 11.4. The first-order valence-electron chi connectivity index (χ1n) is 4.71. The number of hydrogen-bond acceptors (Lipinski definition) is 3. The molecule has 1 rings (SSSR count). The molecular weight excluding hydrogens is 263 g/mol. The first-order valence-corrected chi connectivity index (χ1v) is 6.48. The lowest BCUT2D eigenvalue weighted by molar-refractivity contribution is -0.135. The molecule has 1 atom stereocenters. The fourth-order valence-corrected chi connectivity index (χ4v) is 1.84. The van der Waals surface area contributed by atoms with E-state index in [2.05, 4.69) is 4.74 Å². The van der Waals surface area contributed by atoms with Gasteiger partial charge in [-0.25, -0.2) is 4.79 Å². The Morgan fingerprint density at radius 2 is 2.06 bits per heavy atom. The van der Waals surface area contributed by atoms with E-state index in [0.717, 1.165) is 0 Å². The molecule has 0 radical (unpaired) electrons. The molecule has 1 aromatic rings.